The average molecular weight is 209 g/mol. The summed E-state index contributed by atoms with van der Waals surface area (Å²) in [5.74, 6) is -0.149. The monoisotopic (exact) mass is 209 g/mol. The van der Waals surface area contributed by atoms with Crippen LogP contribution in [0.15, 0.2) is 24.9 Å². The lowest BCUT2D eigenvalue weighted by molar-refractivity contribution is 0.0732. The molecule has 5 heteroatoms. The molecule has 0 fully saturated rings. The Morgan fingerprint density at radius 1 is 1.80 bits per heavy atom. The van der Waals surface area contributed by atoms with Crippen molar-refractivity contribution in [2.24, 2.45) is 7.05 Å². The van der Waals surface area contributed by atoms with Crippen molar-refractivity contribution in [3.63, 3.8) is 0 Å². The summed E-state index contributed by atoms with van der Waals surface area (Å²) in [5.41, 5.74) is 0.505. The van der Waals surface area contributed by atoms with E-state index in [1.54, 1.807) is 25.4 Å². The maximum absolute atomic E-state index is 11.9. The minimum atomic E-state index is -0.149. The third-order valence-corrected chi connectivity index (χ3v) is 2.05. The number of aliphatic hydroxyl groups is 1. The van der Waals surface area contributed by atoms with Crippen molar-refractivity contribution in [1.29, 1.82) is 0 Å². The quantitative estimate of drug-likeness (QED) is 0.697. The summed E-state index contributed by atoms with van der Waals surface area (Å²) in [6, 6.07) is 1.65. The fourth-order valence-electron chi connectivity index (χ4n) is 1.30. The Hall–Kier alpha value is -1.62. The summed E-state index contributed by atoms with van der Waals surface area (Å²) < 4.78 is 1.51. The maximum Gasteiger partial charge on any atom is 0.272 e. The maximum atomic E-state index is 11.9. The highest BCUT2D eigenvalue weighted by Gasteiger charge is 2.16. The molecule has 0 saturated carbocycles. The molecule has 1 aromatic heterocycles. The Bertz CT molecular complexity index is 346. The van der Waals surface area contributed by atoms with Crippen LogP contribution in [0.25, 0.3) is 0 Å². The number of carbonyl (C=O) groups is 1. The zero-order chi connectivity index (χ0) is 11.3. The molecule has 0 aliphatic carbocycles. The van der Waals surface area contributed by atoms with E-state index in [0.717, 1.165) is 0 Å². The van der Waals surface area contributed by atoms with Gasteiger partial charge in [-0.3, -0.25) is 9.48 Å². The molecule has 0 spiro atoms. The molecule has 1 heterocycles. The van der Waals surface area contributed by atoms with Gasteiger partial charge >= 0.3 is 0 Å². The SMILES string of the molecule is C=CCN(CCO)C(=O)c1ccnn1C. The van der Waals surface area contributed by atoms with Crippen LogP contribution >= 0.6 is 0 Å². The van der Waals surface area contributed by atoms with Gasteiger partial charge < -0.3 is 10.0 Å². The van der Waals surface area contributed by atoms with Gasteiger partial charge in [0.15, 0.2) is 0 Å². The molecule has 1 amide bonds. The molecule has 0 saturated heterocycles. The third-order valence-electron chi connectivity index (χ3n) is 2.05. The van der Waals surface area contributed by atoms with Crippen LogP contribution in [-0.2, 0) is 7.05 Å². The topological polar surface area (TPSA) is 58.4 Å². The van der Waals surface area contributed by atoms with E-state index in [1.165, 1.54) is 9.58 Å². The molecule has 1 rings (SSSR count). The Balaban J connectivity index is 2.80. The van der Waals surface area contributed by atoms with E-state index in [1.807, 2.05) is 0 Å². The Morgan fingerprint density at radius 2 is 2.53 bits per heavy atom. The molecule has 0 bridgehead atoms. The lowest BCUT2D eigenvalue weighted by Crippen LogP contribution is -2.34. The van der Waals surface area contributed by atoms with Crippen molar-refractivity contribution < 1.29 is 9.90 Å². The molecule has 0 aliphatic heterocycles. The zero-order valence-corrected chi connectivity index (χ0v) is 8.76. The Labute approximate surface area is 88.6 Å². The van der Waals surface area contributed by atoms with E-state index in [4.69, 9.17) is 5.11 Å². The normalized spacial score (nSPS) is 10.0. The predicted molar refractivity (Wildman–Crippen MR) is 56.4 cm³/mol. The van der Waals surface area contributed by atoms with Gasteiger partial charge in [-0.2, -0.15) is 5.10 Å². The number of aryl methyl sites for hydroxylation is 1. The highest BCUT2D eigenvalue weighted by atomic mass is 16.3. The number of aliphatic hydroxyl groups excluding tert-OH is 1. The molecule has 1 N–H and O–H groups in total. The van der Waals surface area contributed by atoms with Crippen LogP contribution in [0.3, 0.4) is 0 Å². The molecule has 1 aromatic rings. The van der Waals surface area contributed by atoms with Crippen LogP contribution in [-0.4, -0.2) is 45.4 Å². The second-order valence-corrected chi connectivity index (χ2v) is 3.10. The molecule has 15 heavy (non-hydrogen) atoms. The Kier molecular flexibility index (Phi) is 4.05. The second-order valence-electron chi connectivity index (χ2n) is 3.10. The first-order valence-electron chi connectivity index (χ1n) is 4.69. The highest BCUT2D eigenvalue weighted by Crippen LogP contribution is 2.03. The van der Waals surface area contributed by atoms with Crippen LogP contribution < -0.4 is 0 Å². The standard InChI is InChI=1S/C10H15N3O2/c1-3-6-13(7-8-14)10(15)9-4-5-11-12(9)2/h3-5,14H,1,6-8H2,2H3. The number of aromatic nitrogens is 2. The minimum Gasteiger partial charge on any atom is -0.395 e. The van der Waals surface area contributed by atoms with E-state index >= 15 is 0 Å². The van der Waals surface area contributed by atoms with Crippen molar-refractivity contribution in [2.75, 3.05) is 19.7 Å². The van der Waals surface area contributed by atoms with Crippen LogP contribution in [0.1, 0.15) is 10.5 Å². The van der Waals surface area contributed by atoms with E-state index in [-0.39, 0.29) is 12.5 Å². The van der Waals surface area contributed by atoms with Gasteiger partial charge in [-0.25, -0.2) is 0 Å². The number of carbonyl (C=O) groups excluding carboxylic acids is 1. The van der Waals surface area contributed by atoms with Gasteiger partial charge in [0.05, 0.1) is 6.61 Å². The lowest BCUT2D eigenvalue weighted by atomic mass is 10.3. The van der Waals surface area contributed by atoms with Gasteiger partial charge in [0, 0.05) is 26.3 Å². The minimum absolute atomic E-state index is 0.0581. The summed E-state index contributed by atoms with van der Waals surface area (Å²) in [5, 5.41) is 12.7. The van der Waals surface area contributed by atoms with E-state index in [9.17, 15) is 4.79 Å². The first-order valence-corrected chi connectivity index (χ1v) is 4.69. The van der Waals surface area contributed by atoms with Gasteiger partial charge in [-0.15, -0.1) is 6.58 Å². The molecule has 0 aliphatic rings. The van der Waals surface area contributed by atoms with Gasteiger partial charge in [-0.05, 0) is 6.07 Å². The van der Waals surface area contributed by atoms with Crippen molar-refractivity contribution in [2.45, 2.75) is 0 Å². The fraction of sp³-hybridized carbons (Fsp3) is 0.400. The van der Waals surface area contributed by atoms with Crippen molar-refractivity contribution in [3.8, 4) is 0 Å². The number of hydrogen-bond acceptors (Lipinski definition) is 3. The van der Waals surface area contributed by atoms with Gasteiger partial charge in [-0.1, -0.05) is 6.08 Å². The molecular weight excluding hydrogens is 194 g/mol. The molecule has 82 valence electrons. The lowest BCUT2D eigenvalue weighted by Gasteiger charge is -2.19. The van der Waals surface area contributed by atoms with Crippen molar-refractivity contribution >= 4 is 5.91 Å². The summed E-state index contributed by atoms with van der Waals surface area (Å²) in [6.45, 7) is 4.24. The summed E-state index contributed by atoms with van der Waals surface area (Å²) >= 11 is 0. The highest BCUT2D eigenvalue weighted by molar-refractivity contribution is 5.92. The number of rotatable bonds is 5. The van der Waals surface area contributed by atoms with Crippen molar-refractivity contribution in [3.05, 3.63) is 30.6 Å². The Morgan fingerprint density at radius 3 is 3.00 bits per heavy atom. The summed E-state index contributed by atoms with van der Waals surface area (Å²) in [6.07, 6.45) is 3.20. The van der Waals surface area contributed by atoms with E-state index in [0.29, 0.717) is 18.8 Å². The molecular formula is C10H15N3O2. The van der Waals surface area contributed by atoms with Crippen LogP contribution in [0.4, 0.5) is 0 Å². The average Bonchev–Trinajstić information content (AvgIpc) is 2.63. The molecule has 0 atom stereocenters. The third kappa shape index (κ3) is 2.66. The number of amides is 1. The van der Waals surface area contributed by atoms with Crippen molar-refractivity contribution in [1.82, 2.24) is 14.7 Å². The van der Waals surface area contributed by atoms with E-state index in [2.05, 4.69) is 11.7 Å². The molecule has 5 nitrogen and oxygen atoms in total. The van der Waals surface area contributed by atoms with Gasteiger partial charge in [0.25, 0.3) is 5.91 Å². The first-order chi connectivity index (χ1) is 7.20. The molecule has 0 aromatic carbocycles. The van der Waals surface area contributed by atoms with Crippen LogP contribution in [0.2, 0.25) is 0 Å². The first kappa shape index (κ1) is 11.5. The largest absolute Gasteiger partial charge is 0.395 e. The summed E-state index contributed by atoms with van der Waals surface area (Å²) in [4.78, 5) is 13.4. The van der Waals surface area contributed by atoms with Crippen LogP contribution in [0, 0.1) is 0 Å². The fourth-order valence-corrected chi connectivity index (χ4v) is 1.30. The van der Waals surface area contributed by atoms with Gasteiger partial charge in [0.1, 0.15) is 5.69 Å². The number of hydrogen-bond donors (Lipinski definition) is 1. The predicted octanol–water partition coefficient (Wildman–Crippen LogP) is 0.0406. The molecule has 0 unspecified atom stereocenters. The van der Waals surface area contributed by atoms with E-state index < -0.39 is 0 Å². The zero-order valence-electron chi connectivity index (χ0n) is 8.76. The molecule has 0 radical (unpaired) electrons. The van der Waals surface area contributed by atoms with Gasteiger partial charge in [0.2, 0.25) is 0 Å². The summed E-state index contributed by atoms with van der Waals surface area (Å²) in [7, 11) is 1.71. The second kappa shape index (κ2) is 5.31. The van der Waals surface area contributed by atoms with Crippen LogP contribution in [0.5, 0.6) is 0 Å². The number of nitrogens with zero attached hydrogens (tertiary/aromatic N) is 3. The smallest absolute Gasteiger partial charge is 0.272 e.